The van der Waals surface area contributed by atoms with Crippen molar-refractivity contribution in [2.24, 2.45) is 0 Å². The second-order valence-corrected chi connectivity index (χ2v) is 5.88. The van der Waals surface area contributed by atoms with E-state index in [-0.39, 0.29) is 5.91 Å². The molecule has 2 aromatic rings. The Morgan fingerprint density at radius 3 is 2.48 bits per heavy atom. The Labute approximate surface area is 150 Å². The topological polar surface area (TPSA) is 47.6 Å². The summed E-state index contributed by atoms with van der Waals surface area (Å²) in [5, 5.41) is 2.97. The molecule has 0 radical (unpaired) electrons. The summed E-state index contributed by atoms with van der Waals surface area (Å²) in [6, 6.07) is 13.8. The number of aryl methyl sites for hydroxylation is 2. The van der Waals surface area contributed by atoms with Gasteiger partial charge in [-0.1, -0.05) is 29.8 Å². The maximum Gasteiger partial charge on any atom is 0.251 e. The first-order valence-electron chi connectivity index (χ1n) is 8.87. The van der Waals surface area contributed by atoms with Crippen molar-refractivity contribution >= 4 is 5.91 Å². The van der Waals surface area contributed by atoms with Crippen LogP contribution in [0.2, 0.25) is 0 Å². The lowest BCUT2D eigenvalue weighted by atomic mass is 10.1. The zero-order valence-corrected chi connectivity index (χ0v) is 15.3. The van der Waals surface area contributed by atoms with Gasteiger partial charge >= 0.3 is 0 Å². The molecule has 0 aliphatic heterocycles. The van der Waals surface area contributed by atoms with Crippen LogP contribution in [0.25, 0.3) is 0 Å². The molecule has 1 amide bonds. The van der Waals surface area contributed by atoms with E-state index in [1.807, 2.05) is 13.8 Å². The molecule has 0 saturated carbocycles. The quantitative estimate of drug-likeness (QED) is 0.697. The van der Waals surface area contributed by atoms with Crippen LogP contribution < -0.4 is 14.8 Å². The summed E-state index contributed by atoms with van der Waals surface area (Å²) >= 11 is 0. The second-order valence-electron chi connectivity index (χ2n) is 5.88. The van der Waals surface area contributed by atoms with E-state index in [0.717, 1.165) is 12.8 Å². The molecule has 1 N–H and O–H groups in total. The molecule has 0 bridgehead atoms. The van der Waals surface area contributed by atoms with Crippen LogP contribution in [0.3, 0.4) is 0 Å². The maximum atomic E-state index is 12.3. The Bertz CT molecular complexity index is 697. The van der Waals surface area contributed by atoms with E-state index in [0.29, 0.717) is 36.8 Å². The maximum absolute atomic E-state index is 12.3. The van der Waals surface area contributed by atoms with Crippen molar-refractivity contribution < 1.29 is 14.3 Å². The third-order valence-electron chi connectivity index (χ3n) is 3.82. The van der Waals surface area contributed by atoms with Gasteiger partial charge in [0.1, 0.15) is 0 Å². The number of benzene rings is 2. The van der Waals surface area contributed by atoms with Crippen molar-refractivity contribution in [1.29, 1.82) is 0 Å². The third kappa shape index (κ3) is 5.82. The number of amides is 1. The predicted molar refractivity (Wildman–Crippen MR) is 101 cm³/mol. The molecule has 0 fully saturated rings. The lowest BCUT2D eigenvalue weighted by molar-refractivity contribution is 0.0952. The fourth-order valence-electron chi connectivity index (χ4n) is 2.66. The molecule has 0 aliphatic rings. The van der Waals surface area contributed by atoms with Gasteiger partial charge in [0.05, 0.1) is 13.2 Å². The third-order valence-corrected chi connectivity index (χ3v) is 3.82. The number of carbonyl (C=O) groups excluding carboxylic acids is 1. The molecule has 25 heavy (non-hydrogen) atoms. The standard InChI is InChI=1S/C21H27NO3/c1-4-24-19-12-11-18(15-20(19)25-5-2)21(23)22-13-7-10-17-9-6-8-16(3)14-17/h6,8-9,11-12,14-15H,4-5,7,10,13H2,1-3H3,(H,22,23). The molecule has 0 aromatic heterocycles. The highest BCUT2D eigenvalue weighted by Crippen LogP contribution is 2.28. The number of carbonyl (C=O) groups is 1. The molecule has 0 unspecified atom stereocenters. The second kappa shape index (κ2) is 9.72. The largest absolute Gasteiger partial charge is 0.490 e. The highest BCUT2D eigenvalue weighted by atomic mass is 16.5. The minimum absolute atomic E-state index is 0.0896. The molecule has 0 aliphatic carbocycles. The highest BCUT2D eigenvalue weighted by molar-refractivity contribution is 5.94. The lowest BCUT2D eigenvalue weighted by Gasteiger charge is -2.12. The normalized spacial score (nSPS) is 10.4. The Hall–Kier alpha value is -2.49. The first-order valence-corrected chi connectivity index (χ1v) is 8.87. The van der Waals surface area contributed by atoms with Crippen LogP contribution in [-0.4, -0.2) is 25.7 Å². The first kappa shape index (κ1) is 18.8. The monoisotopic (exact) mass is 341 g/mol. The molecule has 134 valence electrons. The molecule has 2 rings (SSSR count). The van der Waals surface area contributed by atoms with Gasteiger partial charge in [0.15, 0.2) is 11.5 Å². The SMILES string of the molecule is CCOc1ccc(C(=O)NCCCc2cccc(C)c2)cc1OCC. The smallest absolute Gasteiger partial charge is 0.251 e. The van der Waals surface area contributed by atoms with E-state index < -0.39 is 0 Å². The van der Waals surface area contributed by atoms with Crippen LogP contribution >= 0.6 is 0 Å². The van der Waals surface area contributed by atoms with Gasteiger partial charge in [-0.15, -0.1) is 0 Å². The molecular formula is C21H27NO3. The summed E-state index contributed by atoms with van der Waals surface area (Å²) in [5.74, 6) is 1.19. The molecule has 0 saturated heterocycles. The summed E-state index contributed by atoms with van der Waals surface area (Å²) in [4.78, 5) is 12.3. The van der Waals surface area contributed by atoms with E-state index >= 15 is 0 Å². The van der Waals surface area contributed by atoms with Crippen LogP contribution in [0, 0.1) is 6.92 Å². The zero-order chi connectivity index (χ0) is 18.1. The molecule has 4 nitrogen and oxygen atoms in total. The van der Waals surface area contributed by atoms with Crippen LogP contribution in [0.1, 0.15) is 41.8 Å². The van der Waals surface area contributed by atoms with Gasteiger partial charge in [0.25, 0.3) is 5.91 Å². The van der Waals surface area contributed by atoms with E-state index in [2.05, 4.69) is 36.5 Å². The fraction of sp³-hybridized carbons (Fsp3) is 0.381. The summed E-state index contributed by atoms with van der Waals surface area (Å²) < 4.78 is 11.1. The minimum atomic E-state index is -0.0896. The van der Waals surface area contributed by atoms with Crippen molar-refractivity contribution in [1.82, 2.24) is 5.32 Å². The summed E-state index contributed by atoms with van der Waals surface area (Å²) in [5.41, 5.74) is 3.15. The van der Waals surface area contributed by atoms with Crippen molar-refractivity contribution in [3.8, 4) is 11.5 Å². The van der Waals surface area contributed by atoms with Gasteiger partial charge in [0.2, 0.25) is 0 Å². The van der Waals surface area contributed by atoms with Crippen LogP contribution in [0.4, 0.5) is 0 Å². The van der Waals surface area contributed by atoms with Gasteiger partial charge in [-0.3, -0.25) is 4.79 Å². The molecule has 0 atom stereocenters. The molecule has 0 spiro atoms. The minimum Gasteiger partial charge on any atom is -0.490 e. The van der Waals surface area contributed by atoms with E-state index in [1.165, 1.54) is 11.1 Å². The lowest BCUT2D eigenvalue weighted by Crippen LogP contribution is -2.24. The summed E-state index contributed by atoms with van der Waals surface area (Å²) in [7, 11) is 0. The van der Waals surface area contributed by atoms with Gasteiger partial charge in [-0.25, -0.2) is 0 Å². The molecular weight excluding hydrogens is 314 g/mol. The van der Waals surface area contributed by atoms with Crippen molar-refractivity contribution in [2.45, 2.75) is 33.6 Å². The van der Waals surface area contributed by atoms with Crippen molar-refractivity contribution in [2.75, 3.05) is 19.8 Å². The Balaban J connectivity index is 1.88. The number of nitrogens with one attached hydrogen (secondary N) is 1. The summed E-state index contributed by atoms with van der Waals surface area (Å²) in [6.07, 6.45) is 1.86. The Kier molecular flexibility index (Phi) is 7.33. The fourth-order valence-corrected chi connectivity index (χ4v) is 2.66. The zero-order valence-electron chi connectivity index (χ0n) is 15.3. The van der Waals surface area contributed by atoms with Crippen LogP contribution in [-0.2, 0) is 6.42 Å². The number of rotatable bonds is 9. The number of hydrogen-bond acceptors (Lipinski definition) is 3. The van der Waals surface area contributed by atoms with Crippen molar-refractivity contribution in [3.05, 3.63) is 59.2 Å². The van der Waals surface area contributed by atoms with Gasteiger partial charge in [-0.2, -0.15) is 0 Å². The van der Waals surface area contributed by atoms with E-state index in [9.17, 15) is 4.79 Å². The molecule has 0 heterocycles. The Morgan fingerprint density at radius 2 is 1.76 bits per heavy atom. The van der Waals surface area contributed by atoms with Crippen LogP contribution in [0.15, 0.2) is 42.5 Å². The highest BCUT2D eigenvalue weighted by Gasteiger charge is 2.11. The van der Waals surface area contributed by atoms with Crippen LogP contribution in [0.5, 0.6) is 11.5 Å². The average Bonchev–Trinajstić information content (AvgIpc) is 2.60. The Morgan fingerprint density at radius 1 is 1.00 bits per heavy atom. The van der Waals surface area contributed by atoms with E-state index in [4.69, 9.17) is 9.47 Å². The van der Waals surface area contributed by atoms with Gasteiger partial charge in [0, 0.05) is 12.1 Å². The number of ether oxygens (including phenoxy) is 2. The molecule has 2 aromatic carbocycles. The number of hydrogen-bond donors (Lipinski definition) is 1. The predicted octanol–water partition coefficient (Wildman–Crippen LogP) is 4.16. The van der Waals surface area contributed by atoms with Gasteiger partial charge in [-0.05, 0) is 57.4 Å². The average molecular weight is 341 g/mol. The molecule has 4 heteroatoms. The summed E-state index contributed by atoms with van der Waals surface area (Å²) in [6.45, 7) is 7.65. The van der Waals surface area contributed by atoms with Crippen molar-refractivity contribution in [3.63, 3.8) is 0 Å². The van der Waals surface area contributed by atoms with E-state index in [1.54, 1.807) is 18.2 Å². The first-order chi connectivity index (χ1) is 12.1. The van der Waals surface area contributed by atoms with Gasteiger partial charge < -0.3 is 14.8 Å².